The zero-order valence-electron chi connectivity index (χ0n) is 13.0. The van der Waals surface area contributed by atoms with Crippen molar-refractivity contribution in [2.24, 2.45) is 0 Å². The molecule has 1 aliphatic heterocycles. The van der Waals surface area contributed by atoms with Crippen molar-refractivity contribution >= 4 is 12.0 Å². The van der Waals surface area contributed by atoms with Gasteiger partial charge in [-0.1, -0.05) is 12.1 Å². The smallest absolute Gasteiger partial charge is 0.168 e. The van der Waals surface area contributed by atoms with Crippen molar-refractivity contribution in [2.75, 3.05) is 38.3 Å². The summed E-state index contributed by atoms with van der Waals surface area (Å²) in [7, 11) is 1.47. The monoisotopic (exact) mass is 313 g/mol. The van der Waals surface area contributed by atoms with Gasteiger partial charge in [0.05, 0.1) is 25.9 Å². The molecule has 1 fully saturated rings. The first kappa shape index (κ1) is 15.4. The van der Waals surface area contributed by atoms with Crippen molar-refractivity contribution in [2.45, 2.75) is 0 Å². The molecular formula is C18H19NO4. The lowest BCUT2D eigenvalue weighted by Crippen LogP contribution is -2.36. The van der Waals surface area contributed by atoms with Gasteiger partial charge in [0.2, 0.25) is 0 Å². The van der Waals surface area contributed by atoms with E-state index in [9.17, 15) is 9.90 Å². The number of hydrogen-bond donors (Lipinski definition) is 1. The molecule has 0 aliphatic carbocycles. The van der Waals surface area contributed by atoms with Crippen LogP contribution < -0.4 is 9.64 Å². The standard InChI is InChI=1S/C18H19NO4/c1-22-17-11-14(10-15(12-20)18(17)21)13-2-4-16(5-3-13)19-6-8-23-9-7-19/h2-5,10-12,21H,6-9H2,1H3. The maximum atomic E-state index is 11.1. The van der Waals surface area contributed by atoms with E-state index in [-0.39, 0.29) is 11.3 Å². The number of hydrogen-bond acceptors (Lipinski definition) is 5. The fourth-order valence-electron chi connectivity index (χ4n) is 2.73. The summed E-state index contributed by atoms with van der Waals surface area (Å²) in [5.74, 6) is 0.165. The van der Waals surface area contributed by atoms with Gasteiger partial charge in [-0.05, 0) is 35.4 Å². The SMILES string of the molecule is COc1cc(-c2ccc(N3CCOCC3)cc2)cc(C=O)c1O. The highest BCUT2D eigenvalue weighted by Gasteiger charge is 2.13. The van der Waals surface area contributed by atoms with Crippen LogP contribution in [0.3, 0.4) is 0 Å². The molecule has 1 saturated heterocycles. The third-order valence-electron chi connectivity index (χ3n) is 4.03. The molecular weight excluding hydrogens is 294 g/mol. The summed E-state index contributed by atoms with van der Waals surface area (Å²) in [6, 6.07) is 11.5. The highest BCUT2D eigenvalue weighted by molar-refractivity contribution is 5.85. The van der Waals surface area contributed by atoms with Gasteiger partial charge in [-0.25, -0.2) is 0 Å². The summed E-state index contributed by atoms with van der Waals surface area (Å²) >= 11 is 0. The predicted octanol–water partition coefficient (Wildman–Crippen LogP) is 2.72. The number of aromatic hydroxyl groups is 1. The third kappa shape index (κ3) is 3.14. The van der Waals surface area contributed by atoms with Crippen molar-refractivity contribution in [1.82, 2.24) is 0 Å². The number of morpholine rings is 1. The van der Waals surface area contributed by atoms with Gasteiger partial charge >= 0.3 is 0 Å². The lowest BCUT2D eigenvalue weighted by molar-refractivity contribution is 0.112. The third-order valence-corrected chi connectivity index (χ3v) is 4.03. The van der Waals surface area contributed by atoms with Crippen LogP contribution in [0.2, 0.25) is 0 Å². The van der Waals surface area contributed by atoms with E-state index >= 15 is 0 Å². The van der Waals surface area contributed by atoms with Gasteiger partial charge in [0, 0.05) is 18.8 Å². The zero-order valence-corrected chi connectivity index (χ0v) is 13.0. The van der Waals surface area contributed by atoms with E-state index in [1.165, 1.54) is 7.11 Å². The molecule has 0 bridgehead atoms. The quantitative estimate of drug-likeness (QED) is 0.880. The normalized spacial score (nSPS) is 14.6. The number of benzene rings is 2. The van der Waals surface area contributed by atoms with Crippen molar-refractivity contribution < 1.29 is 19.4 Å². The van der Waals surface area contributed by atoms with Crippen LogP contribution in [0, 0.1) is 0 Å². The first-order chi connectivity index (χ1) is 11.2. The van der Waals surface area contributed by atoms with Gasteiger partial charge in [0.1, 0.15) is 0 Å². The molecule has 3 rings (SSSR count). The van der Waals surface area contributed by atoms with Gasteiger partial charge in [-0.2, -0.15) is 0 Å². The largest absolute Gasteiger partial charge is 0.504 e. The van der Waals surface area contributed by atoms with Gasteiger partial charge in [0.25, 0.3) is 0 Å². The average molecular weight is 313 g/mol. The van der Waals surface area contributed by atoms with Crippen LogP contribution in [-0.4, -0.2) is 44.8 Å². The first-order valence-corrected chi connectivity index (χ1v) is 7.52. The molecule has 5 nitrogen and oxygen atoms in total. The predicted molar refractivity (Wildman–Crippen MR) is 88.5 cm³/mol. The Labute approximate surface area is 135 Å². The molecule has 120 valence electrons. The van der Waals surface area contributed by atoms with Crippen LogP contribution in [0.5, 0.6) is 11.5 Å². The minimum absolute atomic E-state index is 0.129. The zero-order chi connectivity index (χ0) is 16.2. The van der Waals surface area contributed by atoms with Crippen LogP contribution >= 0.6 is 0 Å². The summed E-state index contributed by atoms with van der Waals surface area (Å²) in [5, 5.41) is 9.90. The Morgan fingerprint density at radius 2 is 1.83 bits per heavy atom. The number of anilines is 1. The fourth-order valence-corrected chi connectivity index (χ4v) is 2.73. The number of aldehydes is 1. The highest BCUT2D eigenvalue weighted by Crippen LogP contribution is 2.35. The molecule has 2 aromatic carbocycles. The molecule has 1 heterocycles. The summed E-state index contributed by atoms with van der Waals surface area (Å²) in [6.45, 7) is 3.28. The lowest BCUT2D eigenvalue weighted by Gasteiger charge is -2.29. The molecule has 0 amide bonds. The molecule has 0 atom stereocenters. The van der Waals surface area contributed by atoms with Crippen LogP contribution in [-0.2, 0) is 4.74 Å². The Morgan fingerprint density at radius 1 is 1.13 bits per heavy atom. The molecule has 23 heavy (non-hydrogen) atoms. The topological polar surface area (TPSA) is 59.0 Å². The lowest BCUT2D eigenvalue weighted by atomic mass is 10.0. The maximum Gasteiger partial charge on any atom is 0.168 e. The minimum Gasteiger partial charge on any atom is -0.504 e. The molecule has 1 aliphatic rings. The van der Waals surface area contributed by atoms with Gasteiger partial charge < -0.3 is 19.5 Å². The van der Waals surface area contributed by atoms with Crippen LogP contribution in [0.4, 0.5) is 5.69 Å². The fraction of sp³-hybridized carbons (Fsp3) is 0.278. The molecule has 0 unspecified atom stereocenters. The Balaban J connectivity index is 1.91. The molecule has 2 aromatic rings. The molecule has 0 radical (unpaired) electrons. The molecule has 5 heteroatoms. The van der Waals surface area contributed by atoms with Gasteiger partial charge in [-0.3, -0.25) is 4.79 Å². The Morgan fingerprint density at radius 3 is 2.43 bits per heavy atom. The number of nitrogens with zero attached hydrogens (tertiary/aromatic N) is 1. The van der Waals surface area contributed by atoms with Crippen LogP contribution in [0.25, 0.3) is 11.1 Å². The summed E-state index contributed by atoms with van der Waals surface area (Å²) in [4.78, 5) is 13.4. The van der Waals surface area contributed by atoms with E-state index in [0.717, 1.165) is 43.1 Å². The van der Waals surface area contributed by atoms with E-state index in [0.29, 0.717) is 12.0 Å². The van der Waals surface area contributed by atoms with Crippen molar-refractivity contribution in [3.05, 3.63) is 42.0 Å². The van der Waals surface area contributed by atoms with E-state index in [1.807, 2.05) is 12.1 Å². The average Bonchev–Trinajstić information content (AvgIpc) is 2.63. The first-order valence-electron chi connectivity index (χ1n) is 7.52. The second kappa shape index (κ2) is 6.71. The number of phenolic OH excluding ortho intramolecular Hbond substituents is 1. The number of ether oxygens (including phenoxy) is 2. The maximum absolute atomic E-state index is 11.1. The number of rotatable bonds is 4. The van der Waals surface area contributed by atoms with Gasteiger partial charge in [0.15, 0.2) is 17.8 Å². The molecule has 0 spiro atoms. The van der Waals surface area contributed by atoms with Gasteiger partial charge in [-0.15, -0.1) is 0 Å². The Hall–Kier alpha value is -2.53. The number of carbonyl (C=O) groups excluding carboxylic acids is 1. The second-order valence-electron chi connectivity index (χ2n) is 5.38. The molecule has 0 saturated carbocycles. The Bertz CT molecular complexity index is 691. The second-order valence-corrected chi connectivity index (χ2v) is 5.38. The number of carbonyl (C=O) groups is 1. The van der Waals surface area contributed by atoms with Crippen molar-refractivity contribution in [3.63, 3.8) is 0 Å². The van der Waals surface area contributed by atoms with Crippen molar-refractivity contribution in [1.29, 1.82) is 0 Å². The van der Waals surface area contributed by atoms with Crippen molar-refractivity contribution in [3.8, 4) is 22.6 Å². The van der Waals surface area contributed by atoms with E-state index in [1.54, 1.807) is 12.1 Å². The summed E-state index contributed by atoms with van der Waals surface area (Å²) < 4.78 is 10.5. The molecule has 1 N–H and O–H groups in total. The number of phenols is 1. The summed E-state index contributed by atoms with van der Waals surface area (Å²) in [5.41, 5.74) is 3.16. The highest BCUT2D eigenvalue weighted by atomic mass is 16.5. The van der Waals surface area contributed by atoms with E-state index in [2.05, 4.69) is 17.0 Å². The minimum atomic E-state index is -0.129. The van der Waals surface area contributed by atoms with Crippen LogP contribution in [0.15, 0.2) is 36.4 Å². The molecule has 0 aromatic heterocycles. The van der Waals surface area contributed by atoms with E-state index in [4.69, 9.17) is 9.47 Å². The van der Waals surface area contributed by atoms with Crippen LogP contribution in [0.1, 0.15) is 10.4 Å². The Kier molecular flexibility index (Phi) is 4.48. The van der Waals surface area contributed by atoms with E-state index < -0.39 is 0 Å². The summed E-state index contributed by atoms with van der Waals surface area (Å²) in [6.07, 6.45) is 0.628. The number of methoxy groups -OCH3 is 1.